The molecule has 122 valence electrons. The molecule has 3 N–H and O–H groups in total. The van der Waals surface area contributed by atoms with Gasteiger partial charge in [-0.05, 0) is 39.7 Å². The summed E-state index contributed by atoms with van der Waals surface area (Å²) in [5.74, 6) is -1.02. The van der Waals surface area contributed by atoms with Gasteiger partial charge in [-0.3, -0.25) is 5.41 Å². The number of carbonyl (C=O) groups is 1. The number of rotatable bonds is 5. The lowest BCUT2D eigenvalue weighted by atomic mass is 10.0. The van der Waals surface area contributed by atoms with Crippen LogP contribution < -0.4 is 10.6 Å². The quantitative estimate of drug-likeness (QED) is 0.664. The summed E-state index contributed by atoms with van der Waals surface area (Å²) >= 11 is 4.63. The fraction of sp³-hybridized carbons (Fsp3) is 0.200. The molecule has 8 heteroatoms. The molecule has 1 aromatic heterocycles. The van der Waals surface area contributed by atoms with Gasteiger partial charge in [-0.25, -0.2) is 9.18 Å². The van der Waals surface area contributed by atoms with Gasteiger partial charge in [-0.15, -0.1) is 11.3 Å². The van der Waals surface area contributed by atoms with Crippen LogP contribution >= 0.6 is 27.3 Å². The number of esters is 1. The summed E-state index contributed by atoms with van der Waals surface area (Å²) in [5, 5.41) is 13.5. The van der Waals surface area contributed by atoms with Crippen LogP contribution in [-0.4, -0.2) is 25.8 Å². The van der Waals surface area contributed by atoms with Gasteiger partial charge in [0.05, 0.1) is 16.6 Å². The second kappa shape index (κ2) is 7.56. The number of nitrogens with one attached hydrogen (secondary N) is 3. The molecule has 0 atom stereocenters. The van der Waals surface area contributed by atoms with Gasteiger partial charge in [0.2, 0.25) is 0 Å². The van der Waals surface area contributed by atoms with E-state index in [1.807, 2.05) is 6.07 Å². The van der Waals surface area contributed by atoms with Crippen LogP contribution in [0.1, 0.15) is 15.2 Å². The molecule has 2 rings (SSSR count). The van der Waals surface area contributed by atoms with Gasteiger partial charge < -0.3 is 15.4 Å². The van der Waals surface area contributed by atoms with E-state index >= 15 is 0 Å². The number of methoxy groups -OCH3 is 1. The van der Waals surface area contributed by atoms with Gasteiger partial charge in [0.15, 0.2) is 5.83 Å². The van der Waals surface area contributed by atoms with E-state index in [-0.39, 0.29) is 5.71 Å². The molecule has 0 fully saturated rings. The first-order valence-corrected chi connectivity index (χ1v) is 8.23. The van der Waals surface area contributed by atoms with Crippen LogP contribution in [0.5, 0.6) is 0 Å². The summed E-state index contributed by atoms with van der Waals surface area (Å²) in [7, 11) is 3.01. The van der Waals surface area contributed by atoms with Crippen molar-refractivity contribution in [2.24, 2.45) is 0 Å². The van der Waals surface area contributed by atoms with E-state index in [2.05, 4.69) is 26.6 Å². The van der Waals surface area contributed by atoms with Crippen molar-refractivity contribution in [3.63, 3.8) is 0 Å². The Hall–Kier alpha value is -1.93. The number of hydrogen-bond donors (Lipinski definition) is 3. The van der Waals surface area contributed by atoms with Crippen molar-refractivity contribution >= 4 is 38.9 Å². The van der Waals surface area contributed by atoms with E-state index in [1.165, 1.54) is 24.5 Å². The van der Waals surface area contributed by atoms with Gasteiger partial charge in [0, 0.05) is 31.1 Å². The van der Waals surface area contributed by atoms with Gasteiger partial charge in [-0.2, -0.15) is 0 Å². The molecule has 0 aliphatic heterocycles. The van der Waals surface area contributed by atoms with Crippen molar-refractivity contribution in [3.8, 4) is 0 Å². The molecule has 0 saturated carbocycles. The first-order valence-electron chi connectivity index (χ1n) is 6.62. The molecular formula is C15H15BrFN3O2S. The van der Waals surface area contributed by atoms with E-state index in [0.717, 1.165) is 9.35 Å². The first kappa shape index (κ1) is 17.4. The van der Waals surface area contributed by atoms with Gasteiger partial charge >= 0.3 is 5.97 Å². The van der Waals surface area contributed by atoms with E-state index in [0.29, 0.717) is 22.7 Å². The largest absolute Gasteiger partial charge is 0.465 e. The van der Waals surface area contributed by atoms with E-state index < -0.39 is 11.8 Å². The molecule has 1 aliphatic rings. The Morgan fingerprint density at radius 2 is 2.26 bits per heavy atom. The molecule has 0 unspecified atom stereocenters. The van der Waals surface area contributed by atoms with E-state index in [1.54, 1.807) is 19.3 Å². The molecule has 0 bridgehead atoms. The van der Waals surface area contributed by atoms with Gasteiger partial charge in [0.25, 0.3) is 0 Å². The molecular weight excluding hydrogens is 385 g/mol. The van der Waals surface area contributed by atoms with Crippen LogP contribution in [0.15, 0.2) is 45.3 Å². The Bertz CT molecular complexity index is 737. The molecule has 1 aliphatic carbocycles. The summed E-state index contributed by atoms with van der Waals surface area (Å²) in [6, 6.07) is 1.82. The molecule has 0 amide bonds. The van der Waals surface area contributed by atoms with Crippen molar-refractivity contribution in [2.75, 3.05) is 14.2 Å². The zero-order chi connectivity index (χ0) is 17.0. The van der Waals surface area contributed by atoms with Crippen molar-refractivity contribution in [2.45, 2.75) is 6.54 Å². The second-order valence-electron chi connectivity index (χ2n) is 4.61. The third-order valence-corrected chi connectivity index (χ3v) is 4.71. The number of hydrogen-bond acceptors (Lipinski definition) is 6. The summed E-state index contributed by atoms with van der Waals surface area (Å²) in [6.45, 7) is 0.336. The molecule has 5 nitrogen and oxygen atoms in total. The Morgan fingerprint density at radius 1 is 1.52 bits per heavy atom. The molecule has 0 aromatic carbocycles. The lowest BCUT2D eigenvalue weighted by Gasteiger charge is -2.14. The number of ether oxygens (including phenoxy) is 1. The maximum absolute atomic E-state index is 13.8. The molecule has 0 spiro atoms. The average Bonchev–Trinajstić information content (AvgIpc) is 2.90. The highest BCUT2D eigenvalue weighted by Gasteiger charge is 2.18. The zero-order valence-electron chi connectivity index (χ0n) is 12.5. The third-order valence-electron chi connectivity index (χ3n) is 3.05. The van der Waals surface area contributed by atoms with Gasteiger partial charge in [-0.1, -0.05) is 0 Å². The Morgan fingerprint density at radius 3 is 2.91 bits per heavy atom. The SMILES string of the molecule is CN/C=C1/C=C(NCc2cc(Br)sc2C(=O)OC)C=C(F)C1=N. The predicted octanol–water partition coefficient (Wildman–Crippen LogP) is 3.26. The minimum atomic E-state index is -0.615. The number of carbonyl (C=O) groups excluding carboxylic acids is 1. The van der Waals surface area contributed by atoms with Gasteiger partial charge in [0.1, 0.15) is 4.88 Å². The number of halogens is 2. The van der Waals surface area contributed by atoms with Crippen molar-refractivity contribution < 1.29 is 13.9 Å². The maximum atomic E-state index is 13.8. The van der Waals surface area contributed by atoms with E-state index in [9.17, 15) is 9.18 Å². The maximum Gasteiger partial charge on any atom is 0.348 e. The molecule has 0 radical (unpaired) electrons. The monoisotopic (exact) mass is 399 g/mol. The minimum absolute atomic E-state index is 0.168. The van der Waals surface area contributed by atoms with E-state index in [4.69, 9.17) is 10.1 Å². The standard InChI is InChI=1S/C15H15BrFN3O2S/c1-19-6-8-3-10(5-11(17)13(8)18)20-7-9-4-12(16)23-14(9)15(21)22-2/h3-6,18-20H,7H2,1-2H3/b8-6-,18-13?. The molecule has 23 heavy (non-hydrogen) atoms. The molecule has 1 heterocycles. The summed E-state index contributed by atoms with van der Waals surface area (Å²) in [4.78, 5) is 12.2. The average molecular weight is 400 g/mol. The normalized spacial score (nSPS) is 16.0. The summed E-state index contributed by atoms with van der Waals surface area (Å²) in [6.07, 6.45) is 4.48. The van der Waals surface area contributed by atoms with Crippen LogP contribution in [0.25, 0.3) is 0 Å². The first-order chi connectivity index (χ1) is 11.0. The second-order valence-corrected chi connectivity index (χ2v) is 7.04. The Labute approximate surface area is 145 Å². The lowest BCUT2D eigenvalue weighted by Crippen LogP contribution is -2.18. The lowest BCUT2D eigenvalue weighted by molar-refractivity contribution is 0.0605. The number of allylic oxidation sites excluding steroid dienone is 4. The van der Waals surface area contributed by atoms with Crippen LogP contribution in [-0.2, 0) is 11.3 Å². The summed E-state index contributed by atoms with van der Waals surface area (Å²) < 4.78 is 19.4. The van der Waals surface area contributed by atoms with Crippen LogP contribution in [0.2, 0.25) is 0 Å². The van der Waals surface area contributed by atoms with Crippen molar-refractivity contribution in [1.29, 1.82) is 5.41 Å². The molecule has 0 saturated heterocycles. The van der Waals surface area contributed by atoms with Crippen LogP contribution in [0, 0.1) is 5.41 Å². The third kappa shape index (κ3) is 4.08. The fourth-order valence-corrected chi connectivity index (χ4v) is 3.58. The zero-order valence-corrected chi connectivity index (χ0v) is 14.9. The van der Waals surface area contributed by atoms with Crippen LogP contribution in [0.4, 0.5) is 4.39 Å². The van der Waals surface area contributed by atoms with Crippen molar-refractivity contribution in [3.05, 3.63) is 55.7 Å². The Balaban J connectivity index is 2.18. The smallest absolute Gasteiger partial charge is 0.348 e. The highest BCUT2D eigenvalue weighted by molar-refractivity contribution is 9.11. The highest BCUT2D eigenvalue weighted by atomic mass is 79.9. The summed E-state index contributed by atoms with van der Waals surface area (Å²) in [5.41, 5.74) is 1.55. The Kier molecular flexibility index (Phi) is 5.73. The van der Waals surface area contributed by atoms with Crippen molar-refractivity contribution in [1.82, 2.24) is 10.6 Å². The fourth-order valence-electron chi connectivity index (χ4n) is 1.99. The highest BCUT2D eigenvalue weighted by Crippen LogP contribution is 2.28. The van der Waals surface area contributed by atoms with Crippen LogP contribution in [0.3, 0.4) is 0 Å². The minimum Gasteiger partial charge on any atom is -0.465 e. The predicted molar refractivity (Wildman–Crippen MR) is 92.3 cm³/mol. The molecule has 1 aromatic rings. The topological polar surface area (TPSA) is 74.2 Å². The number of thiophene rings is 1.